The van der Waals surface area contributed by atoms with Gasteiger partial charge in [0.1, 0.15) is 5.82 Å². The van der Waals surface area contributed by atoms with E-state index in [0.717, 1.165) is 28.7 Å². The molecule has 2 amide bonds. The fourth-order valence-electron chi connectivity index (χ4n) is 2.00. The van der Waals surface area contributed by atoms with E-state index in [1.807, 2.05) is 0 Å². The first-order chi connectivity index (χ1) is 12.8. The highest BCUT2D eigenvalue weighted by Crippen LogP contribution is 2.13. The molecule has 0 unspecified atom stereocenters. The van der Waals surface area contributed by atoms with Gasteiger partial charge in [-0.2, -0.15) is 0 Å². The smallest absolute Gasteiger partial charge is 0.243 e. The Morgan fingerprint density at radius 2 is 1.59 bits per heavy atom. The average molecular weight is 458 g/mol. The van der Waals surface area contributed by atoms with Crippen molar-refractivity contribution in [1.82, 2.24) is 10.0 Å². The number of carbonyl (C=O) groups is 2. The fraction of sp³-hybridized carbons (Fsp3) is 0.176. The Kier molecular flexibility index (Phi) is 7.45. The first kappa shape index (κ1) is 21.0. The van der Waals surface area contributed by atoms with Crippen LogP contribution in [0.5, 0.6) is 0 Å². The Morgan fingerprint density at radius 1 is 0.963 bits per heavy atom. The van der Waals surface area contributed by atoms with Gasteiger partial charge in [-0.25, -0.2) is 17.5 Å². The number of benzene rings is 2. The molecule has 0 aliphatic heterocycles. The van der Waals surface area contributed by atoms with Crippen LogP contribution in [-0.2, 0) is 19.6 Å². The van der Waals surface area contributed by atoms with Gasteiger partial charge < -0.3 is 10.6 Å². The maximum absolute atomic E-state index is 12.8. The molecule has 0 bridgehead atoms. The summed E-state index contributed by atoms with van der Waals surface area (Å²) in [5, 5.41) is 5.02. The van der Waals surface area contributed by atoms with Gasteiger partial charge in [-0.1, -0.05) is 15.9 Å². The van der Waals surface area contributed by atoms with Gasteiger partial charge in [0.25, 0.3) is 0 Å². The van der Waals surface area contributed by atoms with Gasteiger partial charge in [0.15, 0.2) is 0 Å². The first-order valence-electron chi connectivity index (χ1n) is 7.83. The minimum absolute atomic E-state index is 0.0989. The van der Waals surface area contributed by atoms with Crippen LogP contribution < -0.4 is 15.4 Å². The fourth-order valence-corrected chi connectivity index (χ4v) is 3.30. The molecule has 10 heteroatoms. The van der Waals surface area contributed by atoms with Crippen LogP contribution >= 0.6 is 15.9 Å². The summed E-state index contributed by atoms with van der Waals surface area (Å²) in [6, 6.07) is 11.3. The van der Waals surface area contributed by atoms with Gasteiger partial charge in [0.05, 0.1) is 11.4 Å². The summed E-state index contributed by atoms with van der Waals surface area (Å²) in [6.45, 7) is -0.389. The molecule has 0 saturated carbocycles. The molecule has 2 rings (SSSR count). The van der Waals surface area contributed by atoms with E-state index < -0.39 is 27.7 Å². The van der Waals surface area contributed by atoms with Gasteiger partial charge in [-0.15, -0.1) is 0 Å². The molecular formula is C17H17BrFN3O4S. The van der Waals surface area contributed by atoms with E-state index in [0.29, 0.717) is 5.69 Å². The van der Waals surface area contributed by atoms with Crippen LogP contribution in [0.1, 0.15) is 6.42 Å². The molecule has 27 heavy (non-hydrogen) atoms. The Labute approximate surface area is 164 Å². The quantitative estimate of drug-likeness (QED) is 0.563. The summed E-state index contributed by atoms with van der Waals surface area (Å²) in [6.07, 6.45) is -0.147. The van der Waals surface area contributed by atoms with Crippen LogP contribution in [0, 0.1) is 5.82 Å². The SMILES string of the molecule is O=C(CCNS(=O)(=O)c1ccc(F)cc1)NCC(=O)Nc1ccc(Br)cc1. The summed E-state index contributed by atoms with van der Waals surface area (Å²) in [5.41, 5.74) is 0.588. The monoisotopic (exact) mass is 457 g/mol. The van der Waals surface area contributed by atoms with E-state index in [4.69, 9.17) is 0 Å². The van der Waals surface area contributed by atoms with Crippen LogP contribution in [0.15, 0.2) is 57.9 Å². The number of amides is 2. The van der Waals surface area contributed by atoms with Crippen LogP contribution in [0.4, 0.5) is 10.1 Å². The molecule has 7 nitrogen and oxygen atoms in total. The third kappa shape index (κ3) is 7.08. The number of hydrogen-bond donors (Lipinski definition) is 3. The maximum Gasteiger partial charge on any atom is 0.243 e. The number of anilines is 1. The standard InChI is InChI=1S/C17H17BrFN3O4S/c18-12-1-5-14(6-2-12)22-17(24)11-20-16(23)9-10-21-27(25,26)15-7-3-13(19)4-8-15/h1-8,21H,9-11H2,(H,20,23)(H,22,24). The Bertz CT molecular complexity index is 903. The number of rotatable bonds is 8. The summed E-state index contributed by atoms with van der Waals surface area (Å²) in [5.74, 6) is -1.44. The number of hydrogen-bond acceptors (Lipinski definition) is 4. The van der Waals surface area contributed by atoms with Crippen LogP contribution in [0.2, 0.25) is 0 Å². The lowest BCUT2D eigenvalue weighted by atomic mass is 10.3. The molecule has 2 aromatic carbocycles. The summed E-state index contributed by atoms with van der Waals surface area (Å²) >= 11 is 3.28. The van der Waals surface area contributed by atoms with Crippen molar-refractivity contribution in [3.05, 3.63) is 58.8 Å². The Balaban J connectivity index is 1.72. The number of halogens is 2. The van der Waals surface area contributed by atoms with Gasteiger partial charge >= 0.3 is 0 Å². The molecule has 0 radical (unpaired) electrons. The maximum atomic E-state index is 12.8. The predicted molar refractivity (Wildman–Crippen MR) is 102 cm³/mol. The first-order valence-corrected chi connectivity index (χ1v) is 10.1. The average Bonchev–Trinajstić information content (AvgIpc) is 2.62. The molecule has 0 heterocycles. The molecule has 0 atom stereocenters. The van der Waals surface area contributed by atoms with E-state index in [1.165, 1.54) is 0 Å². The number of carbonyl (C=O) groups excluding carboxylic acids is 2. The molecule has 144 valence electrons. The zero-order valence-electron chi connectivity index (χ0n) is 14.0. The third-order valence-electron chi connectivity index (χ3n) is 3.34. The summed E-state index contributed by atoms with van der Waals surface area (Å²) in [7, 11) is -3.83. The highest BCUT2D eigenvalue weighted by Gasteiger charge is 2.14. The normalized spacial score (nSPS) is 11.0. The van der Waals surface area contributed by atoms with Crippen molar-refractivity contribution in [1.29, 1.82) is 0 Å². The molecule has 0 aliphatic carbocycles. The van der Waals surface area contributed by atoms with Crippen molar-refractivity contribution in [3.63, 3.8) is 0 Å². The van der Waals surface area contributed by atoms with E-state index in [9.17, 15) is 22.4 Å². The van der Waals surface area contributed by atoms with E-state index in [1.54, 1.807) is 24.3 Å². The van der Waals surface area contributed by atoms with E-state index in [-0.39, 0.29) is 24.4 Å². The van der Waals surface area contributed by atoms with Crippen LogP contribution in [0.3, 0.4) is 0 Å². The highest BCUT2D eigenvalue weighted by atomic mass is 79.9. The van der Waals surface area contributed by atoms with E-state index >= 15 is 0 Å². The Hall–Kier alpha value is -2.30. The summed E-state index contributed by atoms with van der Waals surface area (Å²) in [4.78, 5) is 23.4. The zero-order valence-corrected chi connectivity index (χ0v) is 16.4. The molecule has 0 aliphatic rings. The van der Waals surface area contributed by atoms with Gasteiger partial charge in [-0.3, -0.25) is 9.59 Å². The largest absolute Gasteiger partial charge is 0.347 e. The van der Waals surface area contributed by atoms with Crippen LogP contribution in [0.25, 0.3) is 0 Å². The molecule has 0 spiro atoms. The molecule has 2 aromatic rings. The second-order valence-corrected chi connectivity index (χ2v) is 8.12. The number of sulfonamides is 1. The molecule has 0 fully saturated rings. The summed E-state index contributed by atoms with van der Waals surface area (Å²) < 4.78 is 39.9. The topological polar surface area (TPSA) is 104 Å². The highest BCUT2D eigenvalue weighted by molar-refractivity contribution is 9.10. The van der Waals surface area contributed by atoms with Crippen molar-refractivity contribution < 1.29 is 22.4 Å². The zero-order chi connectivity index (χ0) is 19.9. The van der Waals surface area contributed by atoms with Crippen molar-refractivity contribution in [2.45, 2.75) is 11.3 Å². The Morgan fingerprint density at radius 3 is 2.22 bits per heavy atom. The van der Waals surface area contributed by atoms with Gasteiger partial charge in [-0.05, 0) is 48.5 Å². The lowest BCUT2D eigenvalue weighted by Gasteiger charge is -2.08. The third-order valence-corrected chi connectivity index (χ3v) is 5.35. The predicted octanol–water partition coefficient (Wildman–Crippen LogP) is 2.01. The van der Waals surface area contributed by atoms with Crippen LogP contribution in [-0.4, -0.2) is 33.3 Å². The molecule has 3 N–H and O–H groups in total. The van der Waals surface area contributed by atoms with E-state index in [2.05, 4.69) is 31.3 Å². The number of nitrogens with one attached hydrogen (secondary N) is 3. The molecular weight excluding hydrogens is 441 g/mol. The van der Waals surface area contributed by atoms with Crippen molar-refractivity contribution >= 4 is 43.5 Å². The lowest BCUT2D eigenvalue weighted by molar-refractivity contribution is -0.124. The van der Waals surface area contributed by atoms with Crippen molar-refractivity contribution in [3.8, 4) is 0 Å². The minimum atomic E-state index is -3.83. The second-order valence-electron chi connectivity index (χ2n) is 5.43. The van der Waals surface area contributed by atoms with Crippen molar-refractivity contribution in [2.75, 3.05) is 18.4 Å². The second kappa shape index (κ2) is 9.58. The molecule has 0 saturated heterocycles. The lowest BCUT2D eigenvalue weighted by Crippen LogP contribution is -2.35. The van der Waals surface area contributed by atoms with Gasteiger partial charge in [0.2, 0.25) is 21.8 Å². The van der Waals surface area contributed by atoms with Crippen molar-refractivity contribution in [2.24, 2.45) is 0 Å². The minimum Gasteiger partial charge on any atom is -0.347 e. The molecule has 0 aromatic heterocycles. The van der Waals surface area contributed by atoms with Gasteiger partial charge in [0, 0.05) is 23.1 Å².